The first kappa shape index (κ1) is 20.2. The summed E-state index contributed by atoms with van der Waals surface area (Å²) in [7, 11) is 1.42. The van der Waals surface area contributed by atoms with Crippen LogP contribution in [0.1, 0.15) is 29.0 Å². The lowest BCUT2D eigenvalue weighted by Crippen LogP contribution is -2.32. The van der Waals surface area contributed by atoms with Crippen molar-refractivity contribution in [2.24, 2.45) is 0 Å². The Morgan fingerprint density at radius 3 is 2.86 bits per heavy atom. The first-order valence-corrected chi connectivity index (χ1v) is 9.06. The second-order valence-electron chi connectivity index (χ2n) is 6.29. The highest BCUT2D eigenvalue weighted by atomic mass is 16.6. The van der Waals surface area contributed by atoms with Gasteiger partial charge in [0.25, 0.3) is 5.91 Å². The minimum atomic E-state index is -0.664. The molecular weight excluding hydrogens is 376 g/mol. The fourth-order valence-corrected chi connectivity index (χ4v) is 2.83. The van der Waals surface area contributed by atoms with Crippen LogP contribution in [-0.2, 0) is 9.53 Å². The van der Waals surface area contributed by atoms with Gasteiger partial charge in [0.05, 0.1) is 19.5 Å². The van der Waals surface area contributed by atoms with Crippen molar-refractivity contribution in [1.82, 2.24) is 5.32 Å². The molecule has 1 saturated heterocycles. The number of nitrogens with one attached hydrogen (secondary N) is 1. The van der Waals surface area contributed by atoms with Gasteiger partial charge in [0.1, 0.15) is 11.6 Å². The molecular formula is C21H20N2O6. The largest absolute Gasteiger partial charge is 0.493 e. The SMILES string of the molecule is COc1cc(/C=C(/C#N)C(=O)NC[C@@H]2CCCO2)ccc1OC(=O)c1ccco1. The highest BCUT2D eigenvalue weighted by Gasteiger charge is 2.18. The van der Waals surface area contributed by atoms with Crippen LogP contribution in [0.2, 0.25) is 0 Å². The van der Waals surface area contributed by atoms with Gasteiger partial charge in [-0.05, 0) is 48.7 Å². The molecule has 150 valence electrons. The van der Waals surface area contributed by atoms with Crippen LogP contribution in [0.5, 0.6) is 11.5 Å². The van der Waals surface area contributed by atoms with Crippen LogP contribution >= 0.6 is 0 Å². The van der Waals surface area contributed by atoms with E-state index in [0.29, 0.717) is 18.7 Å². The number of benzene rings is 1. The van der Waals surface area contributed by atoms with Gasteiger partial charge in [-0.1, -0.05) is 6.07 Å². The molecule has 1 aliphatic rings. The molecule has 0 bridgehead atoms. The molecule has 8 heteroatoms. The molecule has 0 unspecified atom stereocenters. The van der Waals surface area contributed by atoms with E-state index in [1.165, 1.54) is 31.6 Å². The topological polar surface area (TPSA) is 111 Å². The van der Waals surface area contributed by atoms with Crippen LogP contribution in [0.3, 0.4) is 0 Å². The van der Waals surface area contributed by atoms with E-state index in [4.69, 9.17) is 18.6 Å². The molecule has 1 amide bonds. The van der Waals surface area contributed by atoms with Gasteiger partial charge in [0.15, 0.2) is 11.5 Å². The number of furan rings is 1. The summed E-state index contributed by atoms with van der Waals surface area (Å²) in [6, 6.07) is 9.66. The molecule has 1 aliphatic heterocycles. The number of esters is 1. The number of carbonyl (C=O) groups excluding carboxylic acids is 2. The van der Waals surface area contributed by atoms with Crippen LogP contribution in [0, 0.1) is 11.3 Å². The molecule has 2 aromatic rings. The summed E-state index contributed by atoms with van der Waals surface area (Å²) in [6.45, 7) is 1.06. The third-order valence-corrected chi connectivity index (χ3v) is 4.30. The second-order valence-corrected chi connectivity index (χ2v) is 6.29. The zero-order valence-electron chi connectivity index (χ0n) is 15.8. The van der Waals surface area contributed by atoms with E-state index in [-0.39, 0.29) is 28.9 Å². The number of hydrogen-bond acceptors (Lipinski definition) is 7. The van der Waals surface area contributed by atoms with Gasteiger partial charge in [-0.15, -0.1) is 0 Å². The Kier molecular flexibility index (Phi) is 6.66. The molecule has 3 rings (SSSR count). The fourth-order valence-electron chi connectivity index (χ4n) is 2.83. The van der Waals surface area contributed by atoms with Gasteiger partial charge in [0, 0.05) is 13.2 Å². The lowest BCUT2D eigenvalue weighted by molar-refractivity contribution is -0.117. The zero-order valence-corrected chi connectivity index (χ0v) is 15.8. The number of methoxy groups -OCH3 is 1. The summed E-state index contributed by atoms with van der Waals surface area (Å²) in [5.74, 6) is -0.619. The standard InChI is InChI=1S/C21H20N2O6/c1-26-19-11-14(6-7-17(19)29-21(25)18-5-3-9-28-18)10-15(12-22)20(24)23-13-16-4-2-8-27-16/h3,5-7,9-11,16H,2,4,8,13H2,1H3,(H,23,24)/b15-10-/t16-/m0/s1. The minimum absolute atomic E-state index is 0.0119. The summed E-state index contributed by atoms with van der Waals surface area (Å²) in [5, 5.41) is 12.0. The Morgan fingerprint density at radius 1 is 1.34 bits per heavy atom. The number of hydrogen-bond donors (Lipinski definition) is 1. The number of amides is 1. The smallest absolute Gasteiger partial charge is 0.379 e. The van der Waals surface area contributed by atoms with Crippen LogP contribution in [-0.4, -0.2) is 38.2 Å². The number of carbonyl (C=O) groups is 2. The van der Waals surface area contributed by atoms with E-state index in [1.807, 2.05) is 6.07 Å². The van der Waals surface area contributed by atoms with Crippen molar-refractivity contribution in [2.45, 2.75) is 18.9 Å². The maximum atomic E-state index is 12.3. The first-order valence-electron chi connectivity index (χ1n) is 9.06. The summed E-state index contributed by atoms with van der Waals surface area (Å²) < 4.78 is 21.0. The highest BCUT2D eigenvalue weighted by Crippen LogP contribution is 2.29. The molecule has 1 fully saturated rings. The molecule has 2 heterocycles. The molecule has 8 nitrogen and oxygen atoms in total. The van der Waals surface area contributed by atoms with Gasteiger partial charge in [-0.25, -0.2) is 4.79 Å². The van der Waals surface area contributed by atoms with Crippen molar-refractivity contribution in [3.8, 4) is 17.6 Å². The molecule has 1 atom stereocenters. The average Bonchev–Trinajstić information content (AvgIpc) is 3.45. The predicted molar refractivity (Wildman–Crippen MR) is 102 cm³/mol. The minimum Gasteiger partial charge on any atom is -0.493 e. The quantitative estimate of drug-likeness (QED) is 0.331. The van der Waals surface area contributed by atoms with E-state index in [1.54, 1.807) is 18.2 Å². The molecule has 0 aliphatic carbocycles. The average molecular weight is 396 g/mol. The Labute approximate surface area is 167 Å². The number of nitriles is 1. The monoisotopic (exact) mass is 396 g/mol. The lowest BCUT2D eigenvalue weighted by Gasteiger charge is -2.11. The maximum absolute atomic E-state index is 12.3. The van der Waals surface area contributed by atoms with E-state index >= 15 is 0 Å². The number of rotatable bonds is 7. The van der Waals surface area contributed by atoms with E-state index in [9.17, 15) is 14.9 Å². The second kappa shape index (κ2) is 9.57. The summed E-state index contributed by atoms with van der Waals surface area (Å²) in [4.78, 5) is 24.3. The normalized spacial score (nSPS) is 16.1. The Balaban J connectivity index is 1.70. The van der Waals surface area contributed by atoms with Crippen molar-refractivity contribution in [2.75, 3.05) is 20.3 Å². The molecule has 0 spiro atoms. The Bertz CT molecular complexity index is 937. The van der Waals surface area contributed by atoms with Crippen molar-refractivity contribution in [1.29, 1.82) is 5.26 Å². The summed E-state index contributed by atoms with van der Waals surface area (Å²) in [5.41, 5.74) is 0.494. The van der Waals surface area contributed by atoms with Gasteiger partial charge in [0.2, 0.25) is 5.76 Å². The van der Waals surface area contributed by atoms with E-state index in [2.05, 4.69) is 5.32 Å². The highest BCUT2D eigenvalue weighted by molar-refractivity contribution is 6.01. The van der Waals surface area contributed by atoms with Gasteiger partial charge in [-0.2, -0.15) is 5.26 Å². The number of ether oxygens (including phenoxy) is 3. The van der Waals surface area contributed by atoms with Crippen molar-refractivity contribution in [3.05, 3.63) is 53.5 Å². The van der Waals surface area contributed by atoms with Gasteiger partial charge in [-0.3, -0.25) is 4.79 Å². The summed E-state index contributed by atoms with van der Waals surface area (Å²) >= 11 is 0. The van der Waals surface area contributed by atoms with Crippen LogP contribution < -0.4 is 14.8 Å². The Hall–Kier alpha value is -3.57. The maximum Gasteiger partial charge on any atom is 0.379 e. The molecule has 0 saturated carbocycles. The first-order chi connectivity index (χ1) is 14.1. The van der Waals surface area contributed by atoms with Crippen LogP contribution in [0.15, 0.2) is 46.6 Å². The van der Waals surface area contributed by atoms with Crippen LogP contribution in [0.4, 0.5) is 0 Å². The molecule has 1 N–H and O–H groups in total. The summed E-state index contributed by atoms with van der Waals surface area (Å²) in [6.07, 6.45) is 4.65. The van der Waals surface area contributed by atoms with Crippen molar-refractivity contribution in [3.63, 3.8) is 0 Å². The van der Waals surface area contributed by atoms with Crippen LogP contribution in [0.25, 0.3) is 6.08 Å². The third kappa shape index (κ3) is 5.24. The Morgan fingerprint density at radius 2 is 2.21 bits per heavy atom. The molecule has 1 aromatic carbocycles. The van der Waals surface area contributed by atoms with Gasteiger partial charge < -0.3 is 23.9 Å². The van der Waals surface area contributed by atoms with Gasteiger partial charge >= 0.3 is 5.97 Å². The van der Waals surface area contributed by atoms with E-state index < -0.39 is 11.9 Å². The lowest BCUT2D eigenvalue weighted by atomic mass is 10.1. The number of nitrogens with zero attached hydrogens (tertiary/aromatic N) is 1. The van der Waals surface area contributed by atoms with E-state index in [0.717, 1.165) is 12.8 Å². The molecule has 1 aromatic heterocycles. The third-order valence-electron chi connectivity index (χ3n) is 4.30. The van der Waals surface area contributed by atoms with Crippen molar-refractivity contribution >= 4 is 18.0 Å². The molecule has 0 radical (unpaired) electrons. The van der Waals surface area contributed by atoms with Crippen molar-refractivity contribution < 1.29 is 28.2 Å². The predicted octanol–water partition coefficient (Wildman–Crippen LogP) is 2.71. The molecule has 29 heavy (non-hydrogen) atoms. The zero-order chi connectivity index (χ0) is 20.6. The fraction of sp³-hybridized carbons (Fsp3) is 0.286.